The first kappa shape index (κ1) is 13.9. The van der Waals surface area contributed by atoms with Gasteiger partial charge in [-0.15, -0.1) is 0 Å². The lowest BCUT2D eigenvalue weighted by atomic mass is 10.1. The molecule has 1 atom stereocenters. The highest BCUT2D eigenvalue weighted by molar-refractivity contribution is 5.87. The van der Waals surface area contributed by atoms with Gasteiger partial charge in [0.15, 0.2) is 0 Å². The standard InChI is InChI=1S/C18H21NO2/c1-3-18(20)19(15-9-5-6-10-15)13(2)17-12-14-8-4-7-11-16(14)21-17/h3-4,7-8,11-13,15H,1,5-6,9-10H2,2H3. The lowest BCUT2D eigenvalue weighted by molar-refractivity contribution is -0.131. The molecule has 1 heterocycles. The number of nitrogens with zero attached hydrogens (tertiary/aromatic N) is 1. The number of carbonyl (C=O) groups is 1. The molecule has 0 saturated heterocycles. The van der Waals surface area contributed by atoms with Gasteiger partial charge in [-0.25, -0.2) is 0 Å². The molecule has 1 aromatic carbocycles. The number of para-hydroxylation sites is 1. The predicted octanol–water partition coefficient (Wildman–Crippen LogP) is 4.45. The SMILES string of the molecule is C=CC(=O)N(C1CCCC1)C(C)c1cc2ccccc2o1. The fourth-order valence-corrected chi connectivity index (χ4v) is 3.32. The maximum absolute atomic E-state index is 12.3. The third kappa shape index (κ3) is 2.60. The van der Waals surface area contributed by atoms with Crippen LogP contribution < -0.4 is 0 Å². The number of rotatable bonds is 4. The summed E-state index contributed by atoms with van der Waals surface area (Å²) in [7, 11) is 0. The topological polar surface area (TPSA) is 33.5 Å². The molecule has 0 radical (unpaired) electrons. The van der Waals surface area contributed by atoms with Gasteiger partial charge in [0.1, 0.15) is 11.3 Å². The highest BCUT2D eigenvalue weighted by Gasteiger charge is 2.31. The summed E-state index contributed by atoms with van der Waals surface area (Å²) in [4.78, 5) is 14.2. The van der Waals surface area contributed by atoms with Gasteiger partial charge in [0, 0.05) is 11.4 Å². The van der Waals surface area contributed by atoms with Crippen molar-refractivity contribution in [2.75, 3.05) is 0 Å². The number of hydrogen-bond donors (Lipinski definition) is 0. The van der Waals surface area contributed by atoms with Crippen LogP contribution in [0.1, 0.15) is 44.4 Å². The van der Waals surface area contributed by atoms with Gasteiger partial charge in [-0.1, -0.05) is 37.6 Å². The van der Waals surface area contributed by atoms with Crippen molar-refractivity contribution < 1.29 is 9.21 Å². The number of amides is 1. The smallest absolute Gasteiger partial charge is 0.246 e. The van der Waals surface area contributed by atoms with E-state index in [0.29, 0.717) is 6.04 Å². The first-order valence-corrected chi connectivity index (χ1v) is 7.64. The fraction of sp³-hybridized carbons (Fsp3) is 0.389. The number of benzene rings is 1. The van der Waals surface area contributed by atoms with Crippen molar-refractivity contribution >= 4 is 16.9 Å². The molecule has 1 saturated carbocycles. The van der Waals surface area contributed by atoms with Gasteiger partial charge in [-0.3, -0.25) is 4.79 Å². The van der Waals surface area contributed by atoms with E-state index in [1.54, 1.807) is 0 Å². The van der Waals surface area contributed by atoms with Crippen molar-refractivity contribution in [2.24, 2.45) is 0 Å². The normalized spacial score (nSPS) is 17.0. The van der Waals surface area contributed by atoms with Gasteiger partial charge in [0.2, 0.25) is 5.91 Å². The molecule has 3 nitrogen and oxygen atoms in total. The molecule has 21 heavy (non-hydrogen) atoms. The minimum absolute atomic E-state index is 0.00476. The molecule has 0 N–H and O–H groups in total. The van der Waals surface area contributed by atoms with Crippen LogP contribution in [-0.4, -0.2) is 16.8 Å². The van der Waals surface area contributed by atoms with Crippen molar-refractivity contribution in [2.45, 2.75) is 44.7 Å². The maximum atomic E-state index is 12.3. The van der Waals surface area contributed by atoms with E-state index in [1.165, 1.54) is 18.9 Å². The lowest BCUT2D eigenvalue weighted by Crippen LogP contribution is -2.39. The molecule has 0 aliphatic heterocycles. The molecule has 3 rings (SSSR count). The van der Waals surface area contributed by atoms with Gasteiger partial charge in [0.25, 0.3) is 0 Å². The summed E-state index contributed by atoms with van der Waals surface area (Å²) in [5.41, 5.74) is 0.872. The summed E-state index contributed by atoms with van der Waals surface area (Å²) in [6.45, 7) is 5.69. The first-order chi connectivity index (χ1) is 10.2. The van der Waals surface area contributed by atoms with E-state index < -0.39 is 0 Å². The molecule has 1 aliphatic rings. The van der Waals surface area contributed by atoms with Gasteiger partial charge >= 0.3 is 0 Å². The molecule has 0 spiro atoms. The zero-order valence-corrected chi connectivity index (χ0v) is 12.4. The van der Waals surface area contributed by atoms with E-state index in [-0.39, 0.29) is 11.9 Å². The Morgan fingerprint density at radius 1 is 1.38 bits per heavy atom. The second-order valence-corrected chi connectivity index (χ2v) is 5.75. The van der Waals surface area contributed by atoms with E-state index in [2.05, 4.69) is 6.58 Å². The second-order valence-electron chi connectivity index (χ2n) is 5.75. The summed E-state index contributed by atoms with van der Waals surface area (Å²) in [6.07, 6.45) is 5.95. The van der Waals surface area contributed by atoms with Crippen LogP contribution >= 0.6 is 0 Å². The molecule has 0 bridgehead atoms. The van der Waals surface area contributed by atoms with Crippen LogP contribution in [0.3, 0.4) is 0 Å². The number of furan rings is 1. The van der Waals surface area contributed by atoms with Crippen LogP contribution in [0.2, 0.25) is 0 Å². The minimum atomic E-state index is -0.0639. The van der Waals surface area contributed by atoms with Crippen LogP contribution in [0, 0.1) is 0 Å². The average Bonchev–Trinajstić information content (AvgIpc) is 3.16. The van der Waals surface area contributed by atoms with Crippen LogP contribution in [0.25, 0.3) is 11.0 Å². The molecular weight excluding hydrogens is 262 g/mol. The molecule has 110 valence electrons. The Hall–Kier alpha value is -2.03. The van der Waals surface area contributed by atoms with Gasteiger partial charge in [-0.05, 0) is 38.0 Å². The quantitative estimate of drug-likeness (QED) is 0.777. The molecule has 1 aliphatic carbocycles. The summed E-state index contributed by atoms with van der Waals surface area (Å²) < 4.78 is 5.94. The van der Waals surface area contributed by atoms with Crippen LogP contribution in [0.15, 0.2) is 47.4 Å². The second kappa shape index (κ2) is 5.76. The van der Waals surface area contributed by atoms with Crippen molar-refractivity contribution in [1.29, 1.82) is 0 Å². The van der Waals surface area contributed by atoms with Crippen molar-refractivity contribution in [1.82, 2.24) is 4.90 Å². The summed E-state index contributed by atoms with van der Waals surface area (Å²) in [5.74, 6) is 0.841. The van der Waals surface area contributed by atoms with Gasteiger partial charge < -0.3 is 9.32 Å². The number of fused-ring (bicyclic) bond motifs is 1. The van der Waals surface area contributed by atoms with Gasteiger partial charge in [-0.2, -0.15) is 0 Å². The van der Waals surface area contributed by atoms with Crippen molar-refractivity contribution in [3.05, 3.63) is 48.7 Å². The Balaban J connectivity index is 1.93. The van der Waals surface area contributed by atoms with Crippen LogP contribution in [0.4, 0.5) is 0 Å². The monoisotopic (exact) mass is 283 g/mol. The Morgan fingerprint density at radius 3 is 2.76 bits per heavy atom. The summed E-state index contributed by atoms with van der Waals surface area (Å²) in [5, 5.41) is 1.08. The third-order valence-electron chi connectivity index (χ3n) is 4.42. The molecular formula is C18H21NO2. The Labute approximate surface area is 125 Å². The number of hydrogen-bond acceptors (Lipinski definition) is 2. The lowest BCUT2D eigenvalue weighted by Gasteiger charge is -2.32. The highest BCUT2D eigenvalue weighted by Crippen LogP contribution is 2.33. The van der Waals surface area contributed by atoms with E-state index in [9.17, 15) is 4.79 Å². The zero-order chi connectivity index (χ0) is 14.8. The van der Waals surface area contributed by atoms with Crippen molar-refractivity contribution in [3.63, 3.8) is 0 Å². The van der Waals surface area contributed by atoms with Crippen LogP contribution in [0.5, 0.6) is 0 Å². The zero-order valence-electron chi connectivity index (χ0n) is 12.4. The molecule has 1 fully saturated rings. The Morgan fingerprint density at radius 2 is 2.10 bits per heavy atom. The first-order valence-electron chi connectivity index (χ1n) is 7.64. The van der Waals surface area contributed by atoms with E-state index in [0.717, 1.165) is 29.6 Å². The van der Waals surface area contributed by atoms with Crippen molar-refractivity contribution in [3.8, 4) is 0 Å². The summed E-state index contributed by atoms with van der Waals surface area (Å²) in [6, 6.07) is 10.2. The molecule has 2 aromatic rings. The van der Waals surface area contributed by atoms with E-state index >= 15 is 0 Å². The Kier molecular flexibility index (Phi) is 3.82. The third-order valence-corrected chi connectivity index (χ3v) is 4.42. The predicted molar refractivity (Wildman–Crippen MR) is 83.9 cm³/mol. The molecule has 1 amide bonds. The molecule has 3 heteroatoms. The molecule has 1 aromatic heterocycles. The largest absolute Gasteiger partial charge is 0.459 e. The van der Waals surface area contributed by atoms with Gasteiger partial charge in [0.05, 0.1) is 6.04 Å². The average molecular weight is 283 g/mol. The number of carbonyl (C=O) groups excluding carboxylic acids is 1. The van der Waals surface area contributed by atoms with E-state index in [4.69, 9.17) is 4.42 Å². The highest BCUT2D eigenvalue weighted by atomic mass is 16.3. The fourth-order valence-electron chi connectivity index (χ4n) is 3.32. The van der Waals surface area contributed by atoms with Crippen LogP contribution in [-0.2, 0) is 4.79 Å². The maximum Gasteiger partial charge on any atom is 0.246 e. The summed E-state index contributed by atoms with van der Waals surface area (Å²) >= 11 is 0. The Bertz CT molecular complexity index is 619. The van der Waals surface area contributed by atoms with E-state index in [1.807, 2.05) is 42.2 Å². The minimum Gasteiger partial charge on any atom is -0.459 e. The molecule has 1 unspecified atom stereocenters.